The Morgan fingerprint density at radius 3 is 2.75 bits per heavy atom. The van der Waals surface area contributed by atoms with Crippen molar-refractivity contribution in [1.82, 2.24) is 4.90 Å². The molecule has 0 radical (unpaired) electrons. The number of rotatable bonds is 5. The van der Waals surface area contributed by atoms with Gasteiger partial charge in [-0.1, -0.05) is 5.11 Å². The lowest BCUT2D eigenvalue weighted by atomic mass is 10.0. The minimum Gasteiger partial charge on any atom is -0.394 e. The summed E-state index contributed by atoms with van der Waals surface area (Å²) < 4.78 is 0. The number of nitrogens with zero attached hydrogens (tertiary/aromatic N) is 4. The molecule has 0 aromatic rings. The topological polar surface area (TPSA) is 110 Å². The summed E-state index contributed by atoms with van der Waals surface area (Å²) in [6, 6.07) is 0. The number of aliphatic hydroxyl groups excluding tert-OH is 2. The predicted octanol–water partition coefficient (Wildman–Crippen LogP) is -0.112. The van der Waals surface area contributed by atoms with Gasteiger partial charge in [0.2, 0.25) is 5.91 Å². The molecule has 90 valence electrons. The maximum Gasteiger partial charge on any atom is 0.223 e. The molecule has 0 aromatic carbocycles. The highest BCUT2D eigenvalue weighted by Crippen LogP contribution is 2.26. The maximum absolute atomic E-state index is 11.7. The SMILES string of the molecule is CC(CO)(CO)N1CC(CN=[N+]=[N-])CC1=O. The Kier molecular flexibility index (Phi) is 4.12. The Balaban J connectivity index is 2.70. The molecule has 1 heterocycles. The van der Waals surface area contributed by atoms with Crippen molar-refractivity contribution >= 4 is 5.91 Å². The van der Waals surface area contributed by atoms with Crippen molar-refractivity contribution in [2.45, 2.75) is 18.9 Å². The molecule has 0 aromatic heterocycles. The van der Waals surface area contributed by atoms with Gasteiger partial charge in [-0.2, -0.15) is 0 Å². The van der Waals surface area contributed by atoms with Crippen LogP contribution < -0.4 is 0 Å². The smallest absolute Gasteiger partial charge is 0.223 e. The van der Waals surface area contributed by atoms with E-state index in [4.69, 9.17) is 5.53 Å². The Morgan fingerprint density at radius 2 is 2.25 bits per heavy atom. The molecule has 0 saturated carbocycles. The van der Waals surface area contributed by atoms with E-state index in [2.05, 4.69) is 10.0 Å². The third-order valence-corrected chi connectivity index (χ3v) is 2.94. The number of amides is 1. The van der Waals surface area contributed by atoms with Gasteiger partial charge >= 0.3 is 0 Å². The highest BCUT2D eigenvalue weighted by Gasteiger charge is 2.40. The number of hydrogen-bond donors (Lipinski definition) is 2. The van der Waals surface area contributed by atoms with Crippen LogP contribution in [0.2, 0.25) is 0 Å². The Morgan fingerprint density at radius 1 is 1.62 bits per heavy atom. The van der Waals surface area contributed by atoms with E-state index in [0.717, 1.165) is 0 Å². The fraction of sp³-hybridized carbons (Fsp3) is 0.889. The molecule has 7 heteroatoms. The van der Waals surface area contributed by atoms with E-state index in [0.29, 0.717) is 13.0 Å². The van der Waals surface area contributed by atoms with E-state index in [1.807, 2.05) is 0 Å². The molecule has 2 N–H and O–H groups in total. The molecule has 16 heavy (non-hydrogen) atoms. The fourth-order valence-electron chi connectivity index (χ4n) is 1.80. The standard InChI is InChI=1S/C9H16N4O3/c1-9(5-14,6-15)13-4-7(2-8(13)16)3-11-12-10/h7,14-15H,2-6H2,1H3. The summed E-state index contributed by atoms with van der Waals surface area (Å²) in [4.78, 5) is 15.8. The summed E-state index contributed by atoms with van der Waals surface area (Å²) in [6.07, 6.45) is 0.300. The van der Waals surface area contributed by atoms with Crippen LogP contribution in [-0.2, 0) is 4.79 Å². The molecule has 7 nitrogen and oxygen atoms in total. The molecule has 1 amide bonds. The molecule has 1 unspecified atom stereocenters. The van der Waals surface area contributed by atoms with Gasteiger partial charge in [-0.25, -0.2) is 0 Å². The number of hydrogen-bond acceptors (Lipinski definition) is 4. The molecule has 1 aliphatic heterocycles. The second-order valence-electron chi connectivity index (χ2n) is 4.30. The summed E-state index contributed by atoms with van der Waals surface area (Å²) in [6.45, 7) is 1.73. The Labute approximate surface area is 93.3 Å². The summed E-state index contributed by atoms with van der Waals surface area (Å²) >= 11 is 0. The molecule has 0 aliphatic carbocycles. The molecule has 1 rings (SSSR count). The second-order valence-corrected chi connectivity index (χ2v) is 4.30. The molecule has 0 bridgehead atoms. The quantitative estimate of drug-likeness (QED) is 0.389. The molecular formula is C9H16N4O3. The van der Waals surface area contributed by atoms with E-state index in [1.165, 1.54) is 4.90 Å². The van der Waals surface area contributed by atoms with Crippen LogP contribution in [-0.4, -0.2) is 52.9 Å². The van der Waals surface area contributed by atoms with Gasteiger partial charge in [0.05, 0.1) is 18.8 Å². The molecule has 1 fully saturated rings. The van der Waals surface area contributed by atoms with Crippen LogP contribution in [0.5, 0.6) is 0 Å². The number of azide groups is 1. The lowest BCUT2D eigenvalue weighted by Gasteiger charge is -2.35. The van der Waals surface area contributed by atoms with E-state index in [1.54, 1.807) is 6.92 Å². The van der Waals surface area contributed by atoms with Gasteiger partial charge in [-0.05, 0) is 18.4 Å². The van der Waals surface area contributed by atoms with E-state index in [-0.39, 0.29) is 31.6 Å². The summed E-state index contributed by atoms with van der Waals surface area (Å²) in [7, 11) is 0. The molecule has 0 spiro atoms. The minimum absolute atomic E-state index is 0.0270. The second kappa shape index (κ2) is 5.16. The Bertz CT molecular complexity index is 310. The van der Waals surface area contributed by atoms with Gasteiger partial charge in [-0.15, -0.1) is 0 Å². The first-order valence-electron chi connectivity index (χ1n) is 5.10. The van der Waals surface area contributed by atoms with Gasteiger partial charge in [-0.3, -0.25) is 4.79 Å². The first-order valence-corrected chi connectivity index (χ1v) is 5.10. The first-order chi connectivity index (χ1) is 7.57. The van der Waals surface area contributed by atoms with Crippen molar-refractivity contribution in [3.8, 4) is 0 Å². The van der Waals surface area contributed by atoms with Crippen LogP contribution in [0.15, 0.2) is 5.11 Å². The van der Waals surface area contributed by atoms with Crippen molar-refractivity contribution < 1.29 is 15.0 Å². The lowest BCUT2D eigenvalue weighted by Crippen LogP contribution is -2.52. The van der Waals surface area contributed by atoms with Gasteiger partial charge in [0.1, 0.15) is 0 Å². The van der Waals surface area contributed by atoms with Crippen molar-refractivity contribution in [3.63, 3.8) is 0 Å². The fourth-order valence-corrected chi connectivity index (χ4v) is 1.80. The van der Waals surface area contributed by atoms with Crippen molar-refractivity contribution in [3.05, 3.63) is 10.4 Å². The van der Waals surface area contributed by atoms with Gasteiger partial charge in [0.25, 0.3) is 0 Å². The zero-order valence-electron chi connectivity index (χ0n) is 9.20. The van der Waals surface area contributed by atoms with Crippen LogP contribution in [0, 0.1) is 5.92 Å². The summed E-state index contributed by atoms with van der Waals surface area (Å²) in [5.74, 6) is -0.149. The van der Waals surface area contributed by atoms with E-state index in [9.17, 15) is 15.0 Å². The average Bonchev–Trinajstić information content (AvgIpc) is 2.67. The average molecular weight is 228 g/mol. The van der Waals surface area contributed by atoms with Crippen molar-refractivity contribution in [2.24, 2.45) is 11.0 Å². The highest BCUT2D eigenvalue weighted by atomic mass is 16.3. The van der Waals surface area contributed by atoms with Crippen LogP contribution >= 0.6 is 0 Å². The monoisotopic (exact) mass is 228 g/mol. The highest BCUT2D eigenvalue weighted by molar-refractivity contribution is 5.79. The summed E-state index contributed by atoms with van der Waals surface area (Å²) in [5.41, 5.74) is 7.26. The largest absolute Gasteiger partial charge is 0.394 e. The lowest BCUT2D eigenvalue weighted by molar-refractivity contribution is -0.136. The zero-order valence-corrected chi connectivity index (χ0v) is 9.20. The van der Waals surface area contributed by atoms with Gasteiger partial charge in [0.15, 0.2) is 0 Å². The predicted molar refractivity (Wildman–Crippen MR) is 56.4 cm³/mol. The number of likely N-dealkylation sites (tertiary alicyclic amines) is 1. The van der Waals surface area contributed by atoms with E-state index >= 15 is 0 Å². The van der Waals surface area contributed by atoms with Crippen molar-refractivity contribution in [2.75, 3.05) is 26.3 Å². The minimum atomic E-state index is -0.928. The molecular weight excluding hydrogens is 212 g/mol. The normalized spacial score (nSPS) is 21.1. The number of carbonyl (C=O) groups excluding carboxylic acids is 1. The van der Waals surface area contributed by atoms with Crippen LogP contribution in [0.3, 0.4) is 0 Å². The van der Waals surface area contributed by atoms with Gasteiger partial charge in [0, 0.05) is 24.4 Å². The molecule has 1 atom stereocenters. The number of aliphatic hydroxyl groups is 2. The van der Waals surface area contributed by atoms with Crippen molar-refractivity contribution in [1.29, 1.82) is 0 Å². The Hall–Kier alpha value is -1.30. The van der Waals surface area contributed by atoms with Crippen LogP contribution in [0.1, 0.15) is 13.3 Å². The van der Waals surface area contributed by atoms with Gasteiger partial charge < -0.3 is 15.1 Å². The third kappa shape index (κ3) is 2.44. The zero-order chi connectivity index (χ0) is 12.2. The number of carbonyl (C=O) groups is 1. The van der Waals surface area contributed by atoms with E-state index < -0.39 is 5.54 Å². The maximum atomic E-state index is 11.7. The first kappa shape index (κ1) is 12.8. The summed E-state index contributed by atoms with van der Waals surface area (Å²) in [5, 5.41) is 21.8. The molecule has 1 saturated heterocycles. The molecule has 1 aliphatic rings. The van der Waals surface area contributed by atoms with Crippen LogP contribution in [0.25, 0.3) is 10.4 Å². The van der Waals surface area contributed by atoms with Crippen LogP contribution in [0.4, 0.5) is 0 Å². The third-order valence-electron chi connectivity index (χ3n) is 2.94.